The molecule has 0 aliphatic heterocycles. The molecule has 0 fully saturated rings. The molecule has 5 nitrogen and oxygen atoms in total. The average molecular weight is 206 g/mol. The molecule has 0 aliphatic carbocycles. The summed E-state index contributed by atoms with van der Waals surface area (Å²) in [6, 6.07) is 8.92. The summed E-state index contributed by atoms with van der Waals surface area (Å²) >= 11 is 0. The van der Waals surface area contributed by atoms with Crippen LogP contribution in [0, 0.1) is 0 Å². The van der Waals surface area contributed by atoms with Crippen molar-refractivity contribution < 1.29 is 4.79 Å². The molecule has 0 radical (unpaired) electrons. The number of rotatable bonds is 3. The number of nitrogens with zero attached hydrogens (tertiary/aromatic N) is 1. The minimum Gasteiger partial charge on any atom is -0.297 e. The fraction of sp³-hybridized carbons (Fsp3) is 0.200. The monoisotopic (exact) mass is 206 g/mol. The molecule has 80 valence electrons. The van der Waals surface area contributed by atoms with Crippen molar-refractivity contribution in [1.29, 1.82) is 0 Å². The van der Waals surface area contributed by atoms with Crippen LogP contribution in [0.25, 0.3) is 0 Å². The van der Waals surface area contributed by atoms with E-state index in [2.05, 4.69) is 21.4 Å². The van der Waals surface area contributed by atoms with Gasteiger partial charge in [0.15, 0.2) is 0 Å². The van der Waals surface area contributed by atoms with E-state index in [1.54, 1.807) is 13.8 Å². The summed E-state index contributed by atoms with van der Waals surface area (Å²) in [5, 5.41) is 3.75. The van der Waals surface area contributed by atoms with E-state index in [-0.39, 0.29) is 0 Å². The Kier molecular flexibility index (Phi) is 4.15. The quantitative estimate of drug-likeness (QED) is 0.520. The van der Waals surface area contributed by atoms with Gasteiger partial charge in [-0.05, 0) is 26.0 Å². The predicted molar refractivity (Wildman–Crippen MR) is 60.5 cm³/mol. The van der Waals surface area contributed by atoms with E-state index in [9.17, 15) is 4.79 Å². The van der Waals surface area contributed by atoms with Crippen LogP contribution < -0.4 is 16.3 Å². The molecule has 0 saturated heterocycles. The zero-order valence-electron chi connectivity index (χ0n) is 8.74. The highest BCUT2D eigenvalue weighted by molar-refractivity contribution is 5.82. The Hall–Kier alpha value is -2.04. The van der Waals surface area contributed by atoms with E-state index in [1.807, 2.05) is 30.3 Å². The average Bonchev–Trinajstić information content (AvgIpc) is 2.25. The van der Waals surface area contributed by atoms with Crippen LogP contribution in [-0.4, -0.2) is 11.7 Å². The summed E-state index contributed by atoms with van der Waals surface area (Å²) in [4.78, 5) is 11.1. The molecule has 0 saturated carbocycles. The predicted octanol–water partition coefficient (Wildman–Crippen LogP) is 1.71. The van der Waals surface area contributed by atoms with Gasteiger partial charge in [-0.1, -0.05) is 18.2 Å². The maximum absolute atomic E-state index is 11.1. The first-order valence-electron chi connectivity index (χ1n) is 4.56. The summed E-state index contributed by atoms with van der Waals surface area (Å²) in [5.41, 5.74) is 9.10. The van der Waals surface area contributed by atoms with Gasteiger partial charge in [-0.25, -0.2) is 10.2 Å². The number of benzene rings is 1. The van der Waals surface area contributed by atoms with Gasteiger partial charge >= 0.3 is 6.03 Å². The van der Waals surface area contributed by atoms with E-state index < -0.39 is 6.03 Å². The van der Waals surface area contributed by atoms with Gasteiger partial charge in [-0.3, -0.25) is 10.9 Å². The maximum atomic E-state index is 11.1. The second-order valence-corrected chi connectivity index (χ2v) is 3.12. The number of nitrogens with one attached hydrogen (secondary N) is 3. The third-order valence-electron chi connectivity index (χ3n) is 1.48. The molecule has 3 N–H and O–H groups in total. The van der Waals surface area contributed by atoms with Gasteiger partial charge in [0.2, 0.25) is 0 Å². The van der Waals surface area contributed by atoms with Crippen LogP contribution in [0.2, 0.25) is 0 Å². The Labute approximate surface area is 88.5 Å². The lowest BCUT2D eigenvalue weighted by molar-refractivity contribution is 0.243. The number of para-hydroxylation sites is 1. The smallest absolute Gasteiger partial charge is 0.297 e. The van der Waals surface area contributed by atoms with Gasteiger partial charge in [0.05, 0.1) is 5.69 Å². The second-order valence-electron chi connectivity index (χ2n) is 3.12. The van der Waals surface area contributed by atoms with Gasteiger partial charge in [0.25, 0.3) is 0 Å². The van der Waals surface area contributed by atoms with Gasteiger partial charge in [-0.15, -0.1) is 0 Å². The number of hydrazone groups is 1. The third kappa shape index (κ3) is 4.66. The zero-order valence-corrected chi connectivity index (χ0v) is 8.74. The van der Waals surface area contributed by atoms with Gasteiger partial charge in [-0.2, -0.15) is 5.10 Å². The van der Waals surface area contributed by atoms with Crippen LogP contribution in [-0.2, 0) is 0 Å². The number of hydrazine groups is 1. The van der Waals surface area contributed by atoms with Crippen molar-refractivity contribution in [1.82, 2.24) is 10.9 Å². The van der Waals surface area contributed by atoms with E-state index in [0.29, 0.717) is 0 Å². The van der Waals surface area contributed by atoms with Gasteiger partial charge in [0.1, 0.15) is 0 Å². The van der Waals surface area contributed by atoms with E-state index >= 15 is 0 Å². The standard InChI is InChI=1S/C10H14N4O/c1-8(2)11-13-10(15)14-12-9-6-4-3-5-7-9/h3-7,12H,1-2H3,(H2,13,14,15). The van der Waals surface area contributed by atoms with Crippen molar-refractivity contribution in [2.24, 2.45) is 5.10 Å². The van der Waals surface area contributed by atoms with E-state index in [1.165, 1.54) is 0 Å². The zero-order chi connectivity index (χ0) is 11.1. The first-order chi connectivity index (χ1) is 7.18. The van der Waals surface area contributed by atoms with Crippen LogP contribution in [0.15, 0.2) is 35.4 Å². The van der Waals surface area contributed by atoms with Crippen molar-refractivity contribution in [3.05, 3.63) is 30.3 Å². The summed E-state index contributed by atoms with van der Waals surface area (Å²) in [5.74, 6) is 0. The second kappa shape index (κ2) is 5.64. The first-order valence-corrected chi connectivity index (χ1v) is 4.56. The van der Waals surface area contributed by atoms with Gasteiger partial charge in [0, 0.05) is 5.71 Å². The molecule has 0 aromatic heterocycles. The highest BCUT2D eigenvalue weighted by Crippen LogP contribution is 2.01. The number of hydrogen-bond acceptors (Lipinski definition) is 3. The molecule has 0 atom stereocenters. The third-order valence-corrected chi connectivity index (χ3v) is 1.48. The summed E-state index contributed by atoms with van der Waals surface area (Å²) in [6.07, 6.45) is 0. The topological polar surface area (TPSA) is 65.5 Å². The largest absolute Gasteiger partial charge is 0.353 e. The Balaban J connectivity index is 2.32. The number of anilines is 1. The fourth-order valence-electron chi connectivity index (χ4n) is 0.841. The fourth-order valence-corrected chi connectivity index (χ4v) is 0.841. The Bertz CT molecular complexity index is 344. The van der Waals surface area contributed by atoms with E-state index in [4.69, 9.17) is 0 Å². The Morgan fingerprint density at radius 2 is 1.87 bits per heavy atom. The van der Waals surface area contributed by atoms with Crippen LogP contribution in [0.4, 0.5) is 10.5 Å². The van der Waals surface area contributed by atoms with Crippen LogP contribution in [0.5, 0.6) is 0 Å². The molecule has 0 aliphatic rings. The molecule has 15 heavy (non-hydrogen) atoms. The lowest BCUT2D eigenvalue weighted by atomic mass is 10.3. The molecular weight excluding hydrogens is 192 g/mol. The molecule has 0 heterocycles. The van der Waals surface area contributed by atoms with E-state index in [0.717, 1.165) is 11.4 Å². The Morgan fingerprint density at radius 1 is 1.20 bits per heavy atom. The number of hydrogen-bond donors (Lipinski definition) is 3. The van der Waals surface area contributed by atoms with Crippen LogP contribution >= 0.6 is 0 Å². The SMILES string of the molecule is CC(C)=NNC(=O)NNc1ccccc1. The number of amides is 2. The first kappa shape index (κ1) is 11.0. The molecule has 1 rings (SSSR count). The number of carbonyl (C=O) groups excluding carboxylic acids is 1. The Morgan fingerprint density at radius 3 is 2.47 bits per heavy atom. The minimum absolute atomic E-state index is 0.403. The minimum atomic E-state index is -0.403. The normalized spacial score (nSPS) is 8.93. The van der Waals surface area contributed by atoms with Crippen molar-refractivity contribution in [3.8, 4) is 0 Å². The van der Waals surface area contributed by atoms with Gasteiger partial charge < -0.3 is 0 Å². The molecule has 0 bridgehead atoms. The number of carbonyl (C=O) groups is 1. The van der Waals surface area contributed by atoms with Crippen molar-refractivity contribution in [2.75, 3.05) is 5.43 Å². The van der Waals surface area contributed by atoms with Crippen LogP contribution in [0.1, 0.15) is 13.8 Å². The summed E-state index contributed by atoms with van der Waals surface area (Å²) in [7, 11) is 0. The molecule has 1 aromatic rings. The van der Waals surface area contributed by atoms with Crippen molar-refractivity contribution >= 4 is 17.4 Å². The highest BCUT2D eigenvalue weighted by atomic mass is 16.2. The summed E-state index contributed by atoms with van der Waals surface area (Å²) < 4.78 is 0. The van der Waals surface area contributed by atoms with Crippen LogP contribution in [0.3, 0.4) is 0 Å². The molecular formula is C10H14N4O. The molecule has 0 unspecified atom stereocenters. The van der Waals surface area contributed by atoms with Crippen molar-refractivity contribution in [3.63, 3.8) is 0 Å². The lowest BCUT2D eigenvalue weighted by Gasteiger charge is -2.07. The summed E-state index contributed by atoms with van der Waals surface area (Å²) in [6.45, 7) is 3.59. The highest BCUT2D eigenvalue weighted by Gasteiger charge is 1.96. The lowest BCUT2D eigenvalue weighted by Crippen LogP contribution is -2.36. The molecule has 2 amide bonds. The number of urea groups is 1. The molecule has 5 heteroatoms. The van der Waals surface area contributed by atoms with Crippen molar-refractivity contribution in [2.45, 2.75) is 13.8 Å². The molecule has 1 aromatic carbocycles. The molecule has 0 spiro atoms. The maximum Gasteiger partial charge on any atom is 0.353 e.